The van der Waals surface area contributed by atoms with E-state index in [0.717, 1.165) is 22.6 Å². The number of rotatable bonds is 5. The predicted octanol–water partition coefficient (Wildman–Crippen LogP) is 3.70. The lowest BCUT2D eigenvalue weighted by molar-refractivity contribution is 0.212. The molecule has 2 rings (SSSR count). The number of hydrogen-bond acceptors (Lipinski definition) is 3. The third-order valence-electron chi connectivity index (χ3n) is 3.73. The Hall–Kier alpha value is -2.00. The molecule has 2 aromatic carbocycles. The minimum atomic E-state index is -0.157. The first-order valence-electron chi connectivity index (χ1n) is 7.13. The molecule has 0 aliphatic heterocycles. The van der Waals surface area contributed by atoms with Gasteiger partial charge in [0.1, 0.15) is 17.6 Å². The van der Waals surface area contributed by atoms with Gasteiger partial charge < -0.3 is 15.2 Å². The molecule has 0 fully saturated rings. The first-order valence-corrected chi connectivity index (χ1v) is 7.13. The van der Waals surface area contributed by atoms with Crippen LogP contribution in [0.3, 0.4) is 0 Å². The SMILES string of the molecule is COc1ccc(C(CN)Oc2cc(C)cc(C)c2C)cc1. The van der Waals surface area contributed by atoms with Gasteiger partial charge in [0, 0.05) is 6.54 Å². The molecule has 21 heavy (non-hydrogen) atoms. The molecule has 2 aromatic rings. The third-order valence-corrected chi connectivity index (χ3v) is 3.73. The van der Waals surface area contributed by atoms with Crippen molar-refractivity contribution in [3.05, 3.63) is 58.7 Å². The molecule has 0 radical (unpaired) electrons. The highest BCUT2D eigenvalue weighted by Gasteiger charge is 2.14. The summed E-state index contributed by atoms with van der Waals surface area (Å²) in [5.41, 5.74) is 10.5. The average molecular weight is 285 g/mol. The van der Waals surface area contributed by atoms with E-state index in [9.17, 15) is 0 Å². The van der Waals surface area contributed by atoms with Crippen molar-refractivity contribution in [2.24, 2.45) is 5.73 Å². The monoisotopic (exact) mass is 285 g/mol. The zero-order valence-electron chi connectivity index (χ0n) is 13.1. The van der Waals surface area contributed by atoms with Crippen molar-refractivity contribution in [1.82, 2.24) is 0 Å². The molecule has 0 heterocycles. The van der Waals surface area contributed by atoms with Crippen molar-refractivity contribution in [3.63, 3.8) is 0 Å². The number of methoxy groups -OCH3 is 1. The number of ether oxygens (including phenoxy) is 2. The van der Waals surface area contributed by atoms with Gasteiger partial charge in [-0.15, -0.1) is 0 Å². The molecule has 112 valence electrons. The van der Waals surface area contributed by atoms with Crippen molar-refractivity contribution in [1.29, 1.82) is 0 Å². The highest BCUT2D eigenvalue weighted by atomic mass is 16.5. The molecule has 0 amide bonds. The Bertz CT molecular complexity index is 605. The average Bonchev–Trinajstić information content (AvgIpc) is 2.49. The van der Waals surface area contributed by atoms with Crippen molar-refractivity contribution in [2.45, 2.75) is 26.9 Å². The van der Waals surface area contributed by atoms with Gasteiger partial charge >= 0.3 is 0 Å². The Kier molecular flexibility index (Phi) is 4.86. The smallest absolute Gasteiger partial charge is 0.136 e. The molecular weight excluding hydrogens is 262 g/mol. The molecule has 2 N–H and O–H groups in total. The molecule has 0 bridgehead atoms. The molecule has 0 aliphatic rings. The van der Waals surface area contributed by atoms with E-state index in [1.807, 2.05) is 24.3 Å². The maximum absolute atomic E-state index is 6.15. The van der Waals surface area contributed by atoms with Crippen molar-refractivity contribution in [2.75, 3.05) is 13.7 Å². The van der Waals surface area contributed by atoms with Crippen LogP contribution in [0.2, 0.25) is 0 Å². The van der Waals surface area contributed by atoms with Crippen LogP contribution in [0.25, 0.3) is 0 Å². The van der Waals surface area contributed by atoms with Gasteiger partial charge in [0.05, 0.1) is 7.11 Å². The Labute approximate surface area is 126 Å². The van der Waals surface area contributed by atoms with Gasteiger partial charge in [-0.05, 0) is 61.2 Å². The van der Waals surface area contributed by atoms with Crippen LogP contribution >= 0.6 is 0 Å². The fourth-order valence-electron chi connectivity index (χ4n) is 2.35. The van der Waals surface area contributed by atoms with Crippen molar-refractivity contribution in [3.8, 4) is 11.5 Å². The van der Waals surface area contributed by atoms with E-state index in [1.54, 1.807) is 7.11 Å². The van der Waals surface area contributed by atoms with Crippen LogP contribution in [0, 0.1) is 20.8 Å². The van der Waals surface area contributed by atoms with Crippen LogP contribution < -0.4 is 15.2 Å². The number of benzene rings is 2. The predicted molar refractivity (Wildman–Crippen MR) is 86.1 cm³/mol. The second-order valence-electron chi connectivity index (χ2n) is 5.32. The van der Waals surface area contributed by atoms with Crippen LogP contribution in [-0.4, -0.2) is 13.7 Å². The van der Waals surface area contributed by atoms with Crippen molar-refractivity contribution >= 4 is 0 Å². The number of nitrogens with two attached hydrogens (primary N) is 1. The van der Waals surface area contributed by atoms with E-state index in [1.165, 1.54) is 11.1 Å². The highest BCUT2D eigenvalue weighted by molar-refractivity contribution is 5.42. The van der Waals surface area contributed by atoms with E-state index >= 15 is 0 Å². The molecule has 0 saturated heterocycles. The summed E-state index contributed by atoms with van der Waals surface area (Å²) in [7, 11) is 1.66. The quantitative estimate of drug-likeness (QED) is 0.911. The van der Waals surface area contributed by atoms with Gasteiger partial charge in [-0.3, -0.25) is 0 Å². The molecule has 1 unspecified atom stereocenters. The summed E-state index contributed by atoms with van der Waals surface area (Å²) >= 11 is 0. The number of aryl methyl sites for hydroxylation is 2. The Morgan fingerprint density at radius 3 is 2.29 bits per heavy atom. The molecule has 1 atom stereocenters. The summed E-state index contributed by atoms with van der Waals surface area (Å²) in [6.07, 6.45) is -0.157. The molecule has 0 saturated carbocycles. The summed E-state index contributed by atoms with van der Waals surface area (Å²) in [5.74, 6) is 1.73. The zero-order valence-corrected chi connectivity index (χ0v) is 13.1. The molecule has 0 spiro atoms. The topological polar surface area (TPSA) is 44.5 Å². The standard InChI is InChI=1S/C18H23NO2/c1-12-9-13(2)14(3)17(10-12)21-18(11-19)15-5-7-16(20-4)8-6-15/h5-10,18H,11,19H2,1-4H3. The molecule has 3 heteroatoms. The van der Waals surface area contributed by atoms with Gasteiger partial charge in [0.2, 0.25) is 0 Å². The summed E-state index contributed by atoms with van der Waals surface area (Å²) in [5, 5.41) is 0. The molecular formula is C18H23NO2. The first-order chi connectivity index (χ1) is 10.0. The van der Waals surface area contributed by atoms with Gasteiger partial charge in [-0.2, -0.15) is 0 Å². The van der Waals surface area contributed by atoms with Crippen LogP contribution in [0.1, 0.15) is 28.4 Å². The first kappa shape index (κ1) is 15.4. The maximum atomic E-state index is 6.15. The Balaban J connectivity index is 2.26. The minimum Gasteiger partial charge on any atom is -0.497 e. The zero-order chi connectivity index (χ0) is 15.4. The van der Waals surface area contributed by atoms with Crippen molar-refractivity contribution < 1.29 is 9.47 Å². The second kappa shape index (κ2) is 6.64. The highest BCUT2D eigenvalue weighted by Crippen LogP contribution is 2.28. The van der Waals surface area contributed by atoms with Crippen LogP contribution in [0.5, 0.6) is 11.5 Å². The summed E-state index contributed by atoms with van der Waals surface area (Å²) in [6, 6.07) is 12.1. The van der Waals surface area contributed by atoms with E-state index < -0.39 is 0 Å². The fraction of sp³-hybridized carbons (Fsp3) is 0.333. The largest absolute Gasteiger partial charge is 0.497 e. The lowest BCUT2D eigenvalue weighted by atomic mass is 10.0. The fourth-order valence-corrected chi connectivity index (χ4v) is 2.35. The van der Waals surface area contributed by atoms with Crippen LogP contribution in [0.15, 0.2) is 36.4 Å². The normalized spacial score (nSPS) is 12.0. The Morgan fingerprint density at radius 1 is 1.05 bits per heavy atom. The molecule has 0 aliphatic carbocycles. The van der Waals surface area contributed by atoms with Crippen LogP contribution in [0.4, 0.5) is 0 Å². The maximum Gasteiger partial charge on any atom is 0.136 e. The van der Waals surface area contributed by atoms with Gasteiger partial charge in [-0.1, -0.05) is 18.2 Å². The lowest BCUT2D eigenvalue weighted by Gasteiger charge is -2.21. The van der Waals surface area contributed by atoms with Gasteiger partial charge in [0.25, 0.3) is 0 Å². The Morgan fingerprint density at radius 2 is 1.71 bits per heavy atom. The summed E-state index contributed by atoms with van der Waals surface area (Å²) in [6.45, 7) is 6.68. The van der Waals surface area contributed by atoms with E-state index in [0.29, 0.717) is 6.54 Å². The summed E-state index contributed by atoms with van der Waals surface area (Å²) in [4.78, 5) is 0. The molecule has 3 nitrogen and oxygen atoms in total. The third kappa shape index (κ3) is 3.56. The van der Waals surface area contributed by atoms with Gasteiger partial charge in [-0.25, -0.2) is 0 Å². The lowest BCUT2D eigenvalue weighted by Crippen LogP contribution is -2.19. The summed E-state index contributed by atoms with van der Waals surface area (Å²) < 4.78 is 11.3. The van der Waals surface area contributed by atoms with E-state index in [4.69, 9.17) is 15.2 Å². The van der Waals surface area contributed by atoms with E-state index in [-0.39, 0.29) is 6.10 Å². The second-order valence-corrected chi connectivity index (χ2v) is 5.32. The van der Waals surface area contributed by atoms with Gasteiger partial charge in [0.15, 0.2) is 0 Å². The molecule has 0 aromatic heterocycles. The van der Waals surface area contributed by atoms with E-state index in [2.05, 4.69) is 32.9 Å². The number of hydrogen-bond donors (Lipinski definition) is 1. The minimum absolute atomic E-state index is 0.157. The van der Waals surface area contributed by atoms with Crippen LogP contribution in [-0.2, 0) is 0 Å².